The summed E-state index contributed by atoms with van der Waals surface area (Å²) in [5.74, 6) is 0.993. The third-order valence-electron chi connectivity index (χ3n) is 2.78. The molecule has 1 aliphatic carbocycles. The third kappa shape index (κ3) is 2.86. The van der Waals surface area contributed by atoms with Gasteiger partial charge in [0.05, 0.1) is 19.4 Å². The molecule has 3 rings (SSSR count). The van der Waals surface area contributed by atoms with Crippen LogP contribution < -0.4 is 0 Å². The molecule has 0 saturated heterocycles. The largest absolute Gasteiger partial charge is 0.468 e. The van der Waals surface area contributed by atoms with E-state index in [9.17, 15) is 0 Å². The summed E-state index contributed by atoms with van der Waals surface area (Å²) in [6, 6.07) is 4.58. The highest BCUT2D eigenvalue weighted by atomic mass is 35.5. The molecule has 4 nitrogen and oxygen atoms in total. The maximum atomic E-state index is 5.79. The van der Waals surface area contributed by atoms with E-state index in [-0.39, 0.29) is 0 Å². The monoisotopic (exact) mass is 269 g/mol. The molecule has 2 heterocycles. The van der Waals surface area contributed by atoms with Gasteiger partial charge in [0.15, 0.2) is 0 Å². The number of aromatic nitrogens is 2. The molecule has 0 bridgehead atoms. The number of halogens is 1. The van der Waals surface area contributed by atoms with Crippen molar-refractivity contribution in [3.8, 4) is 0 Å². The second-order valence-corrected chi connectivity index (χ2v) is 5.81. The molecule has 1 saturated carbocycles. The number of hydrogen-bond donors (Lipinski definition) is 0. The van der Waals surface area contributed by atoms with Gasteiger partial charge >= 0.3 is 0 Å². The van der Waals surface area contributed by atoms with Crippen LogP contribution >= 0.6 is 22.9 Å². The Morgan fingerprint density at radius 2 is 2.29 bits per heavy atom. The SMILES string of the molecule is Clc1nnc(CN(Cc2ccco2)C2CC2)s1. The van der Waals surface area contributed by atoms with Crippen molar-refractivity contribution in [2.75, 3.05) is 0 Å². The lowest BCUT2D eigenvalue weighted by Crippen LogP contribution is -2.24. The third-order valence-corrected chi connectivity index (χ3v) is 3.79. The fraction of sp³-hybridized carbons (Fsp3) is 0.455. The maximum Gasteiger partial charge on any atom is 0.207 e. The van der Waals surface area contributed by atoms with E-state index in [1.54, 1.807) is 6.26 Å². The molecule has 0 amide bonds. The standard InChI is InChI=1S/C11H12ClN3OS/c12-11-14-13-10(17-11)7-15(8-3-4-8)6-9-2-1-5-16-9/h1-2,5,8H,3-4,6-7H2. The van der Waals surface area contributed by atoms with Crippen molar-refractivity contribution in [1.29, 1.82) is 0 Å². The molecule has 0 aliphatic heterocycles. The summed E-state index contributed by atoms with van der Waals surface area (Å²) in [5.41, 5.74) is 0. The van der Waals surface area contributed by atoms with Crippen LogP contribution in [0.25, 0.3) is 0 Å². The van der Waals surface area contributed by atoms with E-state index in [4.69, 9.17) is 16.0 Å². The highest BCUT2D eigenvalue weighted by molar-refractivity contribution is 7.15. The molecule has 0 unspecified atom stereocenters. The van der Waals surface area contributed by atoms with E-state index in [1.165, 1.54) is 24.2 Å². The molecular formula is C11H12ClN3OS. The van der Waals surface area contributed by atoms with Gasteiger partial charge in [0, 0.05) is 6.04 Å². The van der Waals surface area contributed by atoms with Gasteiger partial charge in [-0.05, 0) is 36.6 Å². The average molecular weight is 270 g/mol. The Morgan fingerprint density at radius 3 is 2.88 bits per heavy atom. The molecule has 0 N–H and O–H groups in total. The molecule has 2 aromatic heterocycles. The number of furan rings is 1. The van der Waals surface area contributed by atoms with E-state index in [1.807, 2.05) is 12.1 Å². The molecule has 1 aliphatic rings. The van der Waals surface area contributed by atoms with Gasteiger partial charge in [-0.2, -0.15) is 0 Å². The number of rotatable bonds is 5. The van der Waals surface area contributed by atoms with Gasteiger partial charge in [-0.3, -0.25) is 4.90 Å². The lowest BCUT2D eigenvalue weighted by molar-refractivity contribution is 0.224. The quantitative estimate of drug-likeness (QED) is 0.837. The van der Waals surface area contributed by atoms with E-state index in [0.717, 1.165) is 23.9 Å². The highest BCUT2D eigenvalue weighted by Crippen LogP contribution is 2.30. The Hall–Kier alpha value is -0.910. The second kappa shape index (κ2) is 4.76. The first-order chi connectivity index (χ1) is 8.31. The van der Waals surface area contributed by atoms with E-state index in [0.29, 0.717) is 10.5 Å². The number of hydrogen-bond acceptors (Lipinski definition) is 5. The Balaban J connectivity index is 1.68. The Bertz CT molecular complexity index is 481. The van der Waals surface area contributed by atoms with Gasteiger partial charge in [0.25, 0.3) is 0 Å². The second-order valence-electron chi connectivity index (χ2n) is 4.16. The average Bonchev–Trinajstić information content (AvgIpc) is 2.89. The van der Waals surface area contributed by atoms with Crippen LogP contribution in [0.15, 0.2) is 22.8 Å². The Labute approximate surface area is 108 Å². The summed E-state index contributed by atoms with van der Waals surface area (Å²) >= 11 is 7.23. The lowest BCUT2D eigenvalue weighted by atomic mass is 10.4. The van der Waals surface area contributed by atoms with Crippen LogP contribution in [0, 0.1) is 0 Å². The predicted octanol–water partition coefficient (Wildman–Crippen LogP) is 2.95. The Kier molecular flexibility index (Phi) is 3.13. The Morgan fingerprint density at radius 1 is 1.41 bits per heavy atom. The predicted molar refractivity (Wildman–Crippen MR) is 65.9 cm³/mol. The fourth-order valence-corrected chi connectivity index (χ4v) is 2.72. The summed E-state index contributed by atoms with van der Waals surface area (Å²) < 4.78 is 5.89. The molecule has 2 aromatic rings. The summed E-state index contributed by atoms with van der Waals surface area (Å²) in [6.45, 7) is 1.63. The van der Waals surface area contributed by atoms with Crippen LogP contribution in [-0.2, 0) is 13.1 Å². The molecular weight excluding hydrogens is 258 g/mol. The minimum absolute atomic E-state index is 0.508. The molecule has 6 heteroatoms. The summed E-state index contributed by atoms with van der Waals surface area (Å²) in [5, 5.41) is 8.86. The van der Waals surface area contributed by atoms with Crippen molar-refractivity contribution in [3.63, 3.8) is 0 Å². The lowest BCUT2D eigenvalue weighted by Gasteiger charge is -2.18. The van der Waals surface area contributed by atoms with Crippen LogP contribution in [0.3, 0.4) is 0 Å². The molecule has 1 fully saturated rings. The van der Waals surface area contributed by atoms with Gasteiger partial charge in [-0.25, -0.2) is 0 Å². The van der Waals surface area contributed by atoms with E-state index >= 15 is 0 Å². The van der Waals surface area contributed by atoms with Crippen LogP contribution in [0.2, 0.25) is 4.47 Å². The van der Waals surface area contributed by atoms with Crippen molar-refractivity contribution in [3.05, 3.63) is 33.6 Å². The van der Waals surface area contributed by atoms with Crippen LogP contribution in [0.5, 0.6) is 0 Å². The topological polar surface area (TPSA) is 42.2 Å². The first-order valence-corrected chi connectivity index (χ1v) is 6.75. The van der Waals surface area contributed by atoms with Crippen molar-refractivity contribution >= 4 is 22.9 Å². The first kappa shape index (κ1) is 11.2. The van der Waals surface area contributed by atoms with Gasteiger partial charge in [-0.15, -0.1) is 10.2 Å². The van der Waals surface area contributed by atoms with E-state index < -0.39 is 0 Å². The molecule has 90 valence electrons. The zero-order chi connectivity index (χ0) is 11.7. The molecule has 0 radical (unpaired) electrons. The molecule has 0 spiro atoms. The van der Waals surface area contributed by atoms with Crippen molar-refractivity contribution in [2.24, 2.45) is 0 Å². The zero-order valence-corrected chi connectivity index (χ0v) is 10.7. The van der Waals surface area contributed by atoms with Crippen molar-refractivity contribution in [2.45, 2.75) is 32.0 Å². The van der Waals surface area contributed by atoms with Gasteiger partial charge in [-0.1, -0.05) is 11.3 Å². The van der Waals surface area contributed by atoms with Crippen LogP contribution in [-0.4, -0.2) is 21.1 Å². The van der Waals surface area contributed by atoms with E-state index in [2.05, 4.69) is 15.1 Å². The van der Waals surface area contributed by atoms with Gasteiger partial charge in [0.2, 0.25) is 4.47 Å². The first-order valence-electron chi connectivity index (χ1n) is 5.55. The van der Waals surface area contributed by atoms with Crippen LogP contribution in [0.1, 0.15) is 23.6 Å². The maximum absolute atomic E-state index is 5.79. The van der Waals surface area contributed by atoms with Crippen LogP contribution in [0.4, 0.5) is 0 Å². The molecule has 0 aromatic carbocycles. The van der Waals surface area contributed by atoms with Gasteiger partial charge < -0.3 is 4.42 Å². The summed E-state index contributed by atoms with van der Waals surface area (Å²) in [7, 11) is 0. The minimum atomic E-state index is 0.508. The fourth-order valence-electron chi connectivity index (χ4n) is 1.83. The smallest absolute Gasteiger partial charge is 0.207 e. The number of nitrogens with zero attached hydrogens (tertiary/aromatic N) is 3. The summed E-state index contributed by atoms with van der Waals surface area (Å²) in [4.78, 5) is 2.37. The summed E-state index contributed by atoms with van der Waals surface area (Å²) in [6.07, 6.45) is 4.22. The van der Waals surface area contributed by atoms with Gasteiger partial charge in [0.1, 0.15) is 10.8 Å². The molecule has 17 heavy (non-hydrogen) atoms. The zero-order valence-electron chi connectivity index (χ0n) is 9.17. The highest BCUT2D eigenvalue weighted by Gasteiger charge is 2.30. The normalized spacial score (nSPS) is 15.6. The minimum Gasteiger partial charge on any atom is -0.468 e. The van der Waals surface area contributed by atoms with Crippen molar-refractivity contribution < 1.29 is 4.42 Å². The molecule has 0 atom stereocenters. The van der Waals surface area contributed by atoms with Crippen molar-refractivity contribution in [1.82, 2.24) is 15.1 Å².